The summed E-state index contributed by atoms with van der Waals surface area (Å²) >= 11 is 1.45. The standard InChI is InChI=1S/C20H19N3O2S/c1-13-22-17(18(26-13)15-10-6-3-7-11-15)20(25)23-16(19(21)24)12-14-8-4-2-5-9-14/h2-11,16H,12H2,1H3,(H2,21,24)(H,23,25). The molecule has 0 aliphatic carbocycles. The van der Waals surface area contributed by atoms with E-state index in [1.165, 1.54) is 11.3 Å². The van der Waals surface area contributed by atoms with E-state index in [2.05, 4.69) is 10.3 Å². The molecule has 0 bridgehead atoms. The SMILES string of the molecule is Cc1nc(C(=O)NC(Cc2ccccc2)C(N)=O)c(-c2ccccc2)s1. The Bertz CT molecular complexity index is 907. The maximum Gasteiger partial charge on any atom is 0.272 e. The molecule has 0 aliphatic rings. The molecule has 0 saturated carbocycles. The Kier molecular flexibility index (Phi) is 5.43. The van der Waals surface area contributed by atoms with Gasteiger partial charge in [-0.25, -0.2) is 4.98 Å². The number of hydrogen-bond donors (Lipinski definition) is 2. The minimum atomic E-state index is -0.796. The second-order valence-corrected chi connectivity index (χ2v) is 7.10. The van der Waals surface area contributed by atoms with E-state index in [0.717, 1.165) is 21.0 Å². The van der Waals surface area contributed by atoms with E-state index in [-0.39, 0.29) is 0 Å². The zero-order valence-corrected chi connectivity index (χ0v) is 15.1. The molecule has 0 aliphatic heterocycles. The quantitative estimate of drug-likeness (QED) is 0.704. The molecule has 2 amide bonds. The largest absolute Gasteiger partial charge is 0.368 e. The number of aromatic nitrogens is 1. The Labute approximate surface area is 155 Å². The van der Waals surface area contributed by atoms with Crippen LogP contribution in [-0.2, 0) is 11.2 Å². The number of hydrogen-bond acceptors (Lipinski definition) is 4. The maximum atomic E-state index is 12.8. The lowest BCUT2D eigenvalue weighted by Gasteiger charge is -2.15. The van der Waals surface area contributed by atoms with Gasteiger partial charge in [0.25, 0.3) is 5.91 Å². The molecule has 0 fully saturated rings. The average molecular weight is 365 g/mol. The Morgan fingerprint density at radius 1 is 1.08 bits per heavy atom. The summed E-state index contributed by atoms with van der Waals surface area (Å²) in [6.45, 7) is 1.85. The van der Waals surface area contributed by atoms with Crippen molar-refractivity contribution in [3.8, 4) is 10.4 Å². The Morgan fingerprint density at radius 2 is 1.69 bits per heavy atom. The van der Waals surface area contributed by atoms with E-state index < -0.39 is 17.9 Å². The first kappa shape index (κ1) is 17.8. The third kappa shape index (κ3) is 4.15. The van der Waals surface area contributed by atoms with Gasteiger partial charge in [-0.1, -0.05) is 60.7 Å². The van der Waals surface area contributed by atoms with Gasteiger partial charge in [0.1, 0.15) is 11.7 Å². The molecule has 0 saturated heterocycles. The third-order valence-electron chi connectivity index (χ3n) is 3.92. The van der Waals surface area contributed by atoms with Crippen LogP contribution in [0, 0.1) is 6.92 Å². The summed E-state index contributed by atoms with van der Waals surface area (Å²) in [6.07, 6.45) is 0.339. The van der Waals surface area contributed by atoms with Crippen molar-refractivity contribution in [2.24, 2.45) is 5.73 Å². The van der Waals surface area contributed by atoms with Crippen LogP contribution in [0.25, 0.3) is 10.4 Å². The topological polar surface area (TPSA) is 85.1 Å². The summed E-state index contributed by atoms with van der Waals surface area (Å²) < 4.78 is 0. The van der Waals surface area contributed by atoms with Gasteiger partial charge >= 0.3 is 0 Å². The Hall–Kier alpha value is -2.99. The van der Waals surface area contributed by atoms with E-state index in [0.29, 0.717) is 12.1 Å². The lowest BCUT2D eigenvalue weighted by Crippen LogP contribution is -2.46. The van der Waals surface area contributed by atoms with Crippen molar-refractivity contribution in [2.45, 2.75) is 19.4 Å². The number of aryl methyl sites for hydroxylation is 1. The lowest BCUT2D eigenvalue weighted by atomic mass is 10.1. The van der Waals surface area contributed by atoms with Crippen LogP contribution in [0.1, 0.15) is 21.1 Å². The number of amides is 2. The van der Waals surface area contributed by atoms with Crippen LogP contribution in [0.15, 0.2) is 60.7 Å². The predicted octanol–water partition coefficient (Wildman–Crippen LogP) is 2.94. The first-order valence-electron chi connectivity index (χ1n) is 8.21. The van der Waals surface area contributed by atoms with Gasteiger partial charge < -0.3 is 11.1 Å². The number of carbonyl (C=O) groups is 2. The lowest BCUT2D eigenvalue weighted by molar-refractivity contribution is -0.119. The second-order valence-electron chi connectivity index (χ2n) is 5.89. The van der Waals surface area contributed by atoms with Crippen molar-refractivity contribution < 1.29 is 9.59 Å². The number of carbonyl (C=O) groups excluding carboxylic acids is 2. The van der Waals surface area contributed by atoms with Crippen molar-refractivity contribution in [2.75, 3.05) is 0 Å². The zero-order chi connectivity index (χ0) is 18.5. The normalized spacial score (nSPS) is 11.7. The predicted molar refractivity (Wildman–Crippen MR) is 103 cm³/mol. The van der Waals surface area contributed by atoms with Crippen molar-refractivity contribution in [1.82, 2.24) is 10.3 Å². The van der Waals surface area contributed by atoms with Gasteiger partial charge in [0.15, 0.2) is 0 Å². The van der Waals surface area contributed by atoms with Gasteiger partial charge in [0, 0.05) is 6.42 Å². The molecule has 3 rings (SSSR count). The van der Waals surface area contributed by atoms with Crippen LogP contribution in [0.2, 0.25) is 0 Å². The highest BCUT2D eigenvalue weighted by Crippen LogP contribution is 2.30. The number of nitrogens with one attached hydrogen (secondary N) is 1. The number of rotatable bonds is 6. The van der Waals surface area contributed by atoms with Crippen LogP contribution in [0.3, 0.4) is 0 Å². The molecule has 132 valence electrons. The van der Waals surface area contributed by atoms with Crippen LogP contribution >= 0.6 is 11.3 Å². The molecule has 0 radical (unpaired) electrons. The number of thiazole rings is 1. The Balaban J connectivity index is 1.83. The molecular formula is C20H19N3O2S. The highest BCUT2D eigenvalue weighted by Gasteiger charge is 2.24. The van der Waals surface area contributed by atoms with E-state index in [9.17, 15) is 9.59 Å². The second kappa shape index (κ2) is 7.93. The first-order chi connectivity index (χ1) is 12.5. The molecule has 1 heterocycles. The molecule has 3 aromatic rings. The van der Waals surface area contributed by atoms with Crippen LogP contribution in [0.4, 0.5) is 0 Å². The summed E-state index contributed by atoms with van der Waals surface area (Å²) in [5.74, 6) is -0.969. The monoisotopic (exact) mass is 365 g/mol. The molecule has 5 nitrogen and oxygen atoms in total. The molecular weight excluding hydrogens is 346 g/mol. The molecule has 2 aromatic carbocycles. The highest BCUT2D eigenvalue weighted by atomic mass is 32.1. The summed E-state index contributed by atoms with van der Waals surface area (Å²) in [7, 11) is 0. The Morgan fingerprint density at radius 3 is 2.31 bits per heavy atom. The van der Waals surface area contributed by atoms with Gasteiger partial charge in [-0.15, -0.1) is 11.3 Å². The van der Waals surface area contributed by atoms with E-state index in [1.54, 1.807) is 0 Å². The van der Waals surface area contributed by atoms with Crippen LogP contribution < -0.4 is 11.1 Å². The van der Waals surface area contributed by atoms with Gasteiger partial charge in [0.2, 0.25) is 5.91 Å². The summed E-state index contributed by atoms with van der Waals surface area (Å²) in [4.78, 5) is 29.7. The maximum absolute atomic E-state index is 12.8. The molecule has 1 unspecified atom stereocenters. The van der Waals surface area contributed by atoms with Crippen molar-refractivity contribution in [3.63, 3.8) is 0 Å². The van der Waals surface area contributed by atoms with Gasteiger partial charge in [-0.05, 0) is 18.1 Å². The number of primary amides is 1. The highest BCUT2D eigenvalue weighted by molar-refractivity contribution is 7.15. The fourth-order valence-corrected chi connectivity index (χ4v) is 3.59. The van der Waals surface area contributed by atoms with E-state index in [1.807, 2.05) is 67.6 Å². The molecule has 6 heteroatoms. The summed E-state index contributed by atoms with van der Waals surface area (Å²) in [5, 5.41) is 3.52. The fraction of sp³-hybridized carbons (Fsp3) is 0.150. The molecule has 1 atom stereocenters. The van der Waals surface area contributed by atoms with Gasteiger partial charge in [0.05, 0.1) is 9.88 Å². The van der Waals surface area contributed by atoms with E-state index >= 15 is 0 Å². The smallest absolute Gasteiger partial charge is 0.272 e. The summed E-state index contributed by atoms with van der Waals surface area (Å²) in [5.41, 5.74) is 7.66. The number of nitrogens with zero attached hydrogens (tertiary/aromatic N) is 1. The van der Waals surface area contributed by atoms with Crippen molar-refractivity contribution in [3.05, 3.63) is 76.9 Å². The van der Waals surface area contributed by atoms with Crippen molar-refractivity contribution in [1.29, 1.82) is 0 Å². The average Bonchev–Trinajstić information content (AvgIpc) is 3.04. The minimum absolute atomic E-state index is 0.318. The van der Waals surface area contributed by atoms with Crippen molar-refractivity contribution >= 4 is 23.2 Å². The fourth-order valence-electron chi connectivity index (χ4n) is 2.67. The molecule has 0 spiro atoms. The number of benzene rings is 2. The van der Waals surface area contributed by atoms with Gasteiger partial charge in [-0.3, -0.25) is 9.59 Å². The van der Waals surface area contributed by atoms with Crippen LogP contribution in [0.5, 0.6) is 0 Å². The first-order valence-corrected chi connectivity index (χ1v) is 9.03. The third-order valence-corrected chi connectivity index (χ3v) is 4.94. The van der Waals surface area contributed by atoms with Gasteiger partial charge in [-0.2, -0.15) is 0 Å². The van der Waals surface area contributed by atoms with Crippen LogP contribution in [-0.4, -0.2) is 22.8 Å². The number of nitrogens with two attached hydrogens (primary N) is 1. The minimum Gasteiger partial charge on any atom is -0.368 e. The molecule has 1 aromatic heterocycles. The molecule has 26 heavy (non-hydrogen) atoms. The van der Waals surface area contributed by atoms with E-state index in [4.69, 9.17) is 5.73 Å². The summed E-state index contributed by atoms with van der Waals surface area (Å²) in [6, 6.07) is 18.2. The molecule has 3 N–H and O–H groups in total. The zero-order valence-electron chi connectivity index (χ0n) is 14.3.